The van der Waals surface area contributed by atoms with E-state index in [1.165, 1.54) is 29.8 Å². The Morgan fingerprint density at radius 2 is 1.59 bits per heavy atom. The number of benzene rings is 2. The van der Waals surface area contributed by atoms with E-state index in [9.17, 15) is 19.7 Å². The van der Waals surface area contributed by atoms with E-state index in [4.69, 9.17) is 0 Å². The molecule has 2 amide bonds. The number of non-ortho nitro benzene ring substituents is 1. The van der Waals surface area contributed by atoms with Crippen LogP contribution >= 0.6 is 0 Å². The van der Waals surface area contributed by atoms with E-state index in [-0.39, 0.29) is 23.4 Å². The summed E-state index contributed by atoms with van der Waals surface area (Å²) in [5.74, 6) is 0.424. The van der Waals surface area contributed by atoms with Crippen LogP contribution in [0.25, 0.3) is 0 Å². The third-order valence-electron chi connectivity index (χ3n) is 6.68. The van der Waals surface area contributed by atoms with E-state index in [0.717, 1.165) is 45.2 Å². The van der Waals surface area contributed by atoms with Crippen LogP contribution in [0.15, 0.2) is 54.6 Å². The molecule has 0 radical (unpaired) electrons. The number of nitro benzene ring substituents is 1. The van der Waals surface area contributed by atoms with Gasteiger partial charge >= 0.3 is 0 Å². The van der Waals surface area contributed by atoms with Crippen molar-refractivity contribution in [2.75, 3.05) is 26.2 Å². The molecule has 0 aliphatic carbocycles. The third kappa shape index (κ3) is 5.15. The number of hydrogen-bond donors (Lipinski definition) is 0. The number of carbonyl (C=O) groups excluding carboxylic acids is 2. The molecule has 2 aromatic carbocycles. The topological polar surface area (TPSA) is 83.8 Å². The van der Waals surface area contributed by atoms with Crippen LogP contribution in [0, 0.1) is 22.0 Å². The maximum atomic E-state index is 13.2. The molecule has 4 rings (SSSR count). The summed E-state index contributed by atoms with van der Waals surface area (Å²) in [6.07, 6.45) is 4.67. The standard InChI is InChI=1S/C25H29N3O4/c29-24(21-8-10-23(11-9-21)28(31)32)27-14-4-7-22(18-27)25(30)26-15-12-20(13-16-26)17-19-5-2-1-3-6-19/h1-3,5-6,8-11,20,22H,4,7,12-18H2/t22-/m0/s1. The monoisotopic (exact) mass is 435 g/mol. The molecule has 2 aromatic rings. The summed E-state index contributed by atoms with van der Waals surface area (Å²) < 4.78 is 0. The average molecular weight is 436 g/mol. The molecule has 0 spiro atoms. The molecule has 2 fully saturated rings. The van der Waals surface area contributed by atoms with Gasteiger partial charge in [0, 0.05) is 43.9 Å². The predicted octanol–water partition coefficient (Wildman–Crippen LogP) is 3.93. The summed E-state index contributed by atoms with van der Waals surface area (Å²) >= 11 is 0. The highest BCUT2D eigenvalue weighted by molar-refractivity contribution is 5.95. The minimum atomic E-state index is -0.479. The molecule has 1 atom stereocenters. The zero-order chi connectivity index (χ0) is 22.5. The first-order chi connectivity index (χ1) is 15.5. The normalized spacial score (nSPS) is 19.6. The average Bonchev–Trinajstić information content (AvgIpc) is 2.84. The van der Waals surface area contributed by atoms with Gasteiger partial charge in [-0.05, 0) is 55.7 Å². The van der Waals surface area contributed by atoms with Crippen molar-refractivity contribution in [3.8, 4) is 0 Å². The minimum Gasteiger partial charge on any atom is -0.342 e. The van der Waals surface area contributed by atoms with Crippen LogP contribution in [0.4, 0.5) is 5.69 Å². The Kier molecular flexibility index (Phi) is 6.83. The zero-order valence-electron chi connectivity index (χ0n) is 18.2. The number of piperidine rings is 2. The maximum absolute atomic E-state index is 13.2. The van der Waals surface area contributed by atoms with Gasteiger partial charge in [-0.25, -0.2) is 0 Å². The van der Waals surface area contributed by atoms with E-state index >= 15 is 0 Å². The zero-order valence-corrected chi connectivity index (χ0v) is 18.2. The van der Waals surface area contributed by atoms with Gasteiger partial charge in [-0.15, -0.1) is 0 Å². The molecule has 32 heavy (non-hydrogen) atoms. The highest BCUT2D eigenvalue weighted by Crippen LogP contribution is 2.26. The second kappa shape index (κ2) is 9.94. The summed E-state index contributed by atoms with van der Waals surface area (Å²) in [4.78, 5) is 40.1. The highest BCUT2D eigenvalue weighted by Gasteiger charge is 2.33. The molecule has 0 N–H and O–H groups in total. The van der Waals surface area contributed by atoms with Crippen molar-refractivity contribution in [1.82, 2.24) is 9.80 Å². The Morgan fingerprint density at radius 1 is 0.906 bits per heavy atom. The van der Waals surface area contributed by atoms with Gasteiger partial charge in [0.05, 0.1) is 10.8 Å². The molecule has 7 nitrogen and oxygen atoms in total. The molecule has 2 heterocycles. The molecule has 2 saturated heterocycles. The molecule has 0 aromatic heterocycles. The molecule has 0 unspecified atom stereocenters. The fourth-order valence-corrected chi connectivity index (χ4v) is 4.83. The van der Waals surface area contributed by atoms with Gasteiger partial charge in [-0.2, -0.15) is 0 Å². The van der Waals surface area contributed by atoms with Crippen molar-refractivity contribution >= 4 is 17.5 Å². The lowest BCUT2D eigenvalue weighted by molar-refractivity contribution is -0.384. The van der Waals surface area contributed by atoms with Crippen LogP contribution in [0.1, 0.15) is 41.6 Å². The minimum absolute atomic E-state index is 0.0380. The van der Waals surface area contributed by atoms with E-state index < -0.39 is 4.92 Å². The van der Waals surface area contributed by atoms with Crippen LogP contribution in [-0.2, 0) is 11.2 Å². The third-order valence-corrected chi connectivity index (χ3v) is 6.68. The summed E-state index contributed by atoms with van der Waals surface area (Å²) in [7, 11) is 0. The van der Waals surface area contributed by atoms with Crippen molar-refractivity contribution in [1.29, 1.82) is 0 Å². The number of nitrogens with zero attached hydrogens (tertiary/aromatic N) is 3. The van der Waals surface area contributed by atoms with Crippen LogP contribution in [-0.4, -0.2) is 52.7 Å². The summed E-state index contributed by atoms with van der Waals surface area (Å²) in [6, 6.07) is 16.2. The first-order valence-electron chi connectivity index (χ1n) is 11.4. The first-order valence-corrected chi connectivity index (χ1v) is 11.4. The van der Waals surface area contributed by atoms with Gasteiger partial charge in [-0.3, -0.25) is 19.7 Å². The Bertz CT molecular complexity index is 953. The van der Waals surface area contributed by atoms with E-state index in [0.29, 0.717) is 24.6 Å². The summed E-state index contributed by atoms with van der Waals surface area (Å²) in [5.41, 5.74) is 1.74. The van der Waals surface area contributed by atoms with Crippen molar-refractivity contribution in [3.05, 3.63) is 75.8 Å². The second-order valence-electron chi connectivity index (χ2n) is 8.85. The van der Waals surface area contributed by atoms with Crippen LogP contribution in [0.5, 0.6) is 0 Å². The molecule has 2 aliphatic heterocycles. The summed E-state index contributed by atoms with van der Waals surface area (Å²) in [5, 5.41) is 10.8. The maximum Gasteiger partial charge on any atom is 0.269 e. The van der Waals surface area contributed by atoms with Crippen LogP contribution < -0.4 is 0 Å². The number of rotatable bonds is 5. The van der Waals surface area contributed by atoms with Gasteiger partial charge in [-0.1, -0.05) is 30.3 Å². The highest BCUT2D eigenvalue weighted by atomic mass is 16.6. The second-order valence-corrected chi connectivity index (χ2v) is 8.85. The van der Waals surface area contributed by atoms with Crippen molar-refractivity contribution in [2.45, 2.75) is 32.1 Å². The molecular weight excluding hydrogens is 406 g/mol. The molecule has 0 bridgehead atoms. The van der Waals surface area contributed by atoms with Gasteiger partial charge < -0.3 is 9.80 Å². The van der Waals surface area contributed by atoms with Gasteiger partial charge in [0.25, 0.3) is 11.6 Å². The fourth-order valence-electron chi connectivity index (χ4n) is 4.83. The lowest BCUT2D eigenvalue weighted by Gasteiger charge is -2.38. The van der Waals surface area contributed by atoms with Crippen molar-refractivity contribution in [2.24, 2.45) is 11.8 Å². The molecule has 7 heteroatoms. The molecule has 0 saturated carbocycles. The quantitative estimate of drug-likeness (QED) is 0.526. The first kappa shape index (κ1) is 22.0. The number of carbonyl (C=O) groups is 2. The van der Waals surface area contributed by atoms with Crippen LogP contribution in [0.2, 0.25) is 0 Å². The Balaban J connectivity index is 1.30. The molecule has 168 valence electrons. The number of nitro groups is 1. The van der Waals surface area contributed by atoms with Crippen molar-refractivity contribution in [3.63, 3.8) is 0 Å². The Hall–Kier alpha value is -3.22. The summed E-state index contributed by atoms with van der Waals surface area (Å²) in [6.45, 7) is 2.59. The Morgan fingerprint density at radius 3 is 2.25 bits per heavy atom. The van der Waals surface area contributed by atoms with Gasteiger partial charge in [0.2, 0.25) is 5.91 Å². The van der Waals surface area contributed by atoms with Gasteiger partial charge in [0.1, 0.15) is 0 Å². The lowest BCUT2D eigenvalue weighted by Crippen LogP contribution is -2.48. The largest absolute Gasteiger partial charge is 0.342 e. The van der Waals surface area contributed by atoms with Gasteiger partial charge in [0.15, 0.2) is 0 Å². The molecule has 2 aliphatic rings. The van der Waals surface area contributed by atoms with E-state index in [1.807, 2.05) is 11.0 Å². The lowest BCUT2D eigenvalue weighted by atomic mass is 9.89. The molecular formula is C25H29N3O4. The number of likely N-dealkylation sites (tertiary alicyclic amines) is 2. The van der Waals surface area contributed by atoms with E-state index in [2.05, 4.69) is 24.3 Å². The number of hydrogen-bond acceptors (Lipinski definition) is 4. The Labute approximate surface area is 188 Å². The SMILES string of the molecule is O=C(c1ccc([N+](=O)[O-])cc1)N1CCC[C@H](C(=O)N2CCC(Cc3ccccc3)CC2)C1. The van der Waals surface area contributed by atoms with Crippen LogP contribution in [0.3, 0.4) is 0 Å². The smallest absolute Gasteiger partial charge is 0.269 e. The predicted molar refractivity (Wildman–Crippen MR) is 121 cm³/mol. The van der Waals surface area contributed by atoms with E-state index in [1.54, 1.807) is 4.90 Å². The number of amides is 2. The fraction of sp³-hybridized carbons (Fsp3) is 0.440. The van der Waals surface area contributed by atoms with Crippen molar-refractivity contribution < 1.29 is 14.5 Å².